The Morgan fingerprint density at radius 2 is 1.38 bits per heavy atom. The van der Waals surface area contributed by atoms with Crippen LogP contribution in [0, 0.1) is 0 Å². The number of nitrogens with one attached hydrogen (secondary N) is 1. The van der Waals surface area contributed by atoms with E-state index in [4.69, 9.17) is 32.7 Å². The molecule has 0 atom stereocenters. The molecule has 2 aliphatic heterocycles. The lowest BCUT2D eigenvalue weighted by Crippen LogP contribution is -2.36. The van der Waals surface area contributed by atoms with Crippen LogP contribution < -0.4 is 10.2 Å². The standard InChI is InChI=1S/C11H12ClNO2.C7H4BrClO.C4H9NO.CH4/c12-10-2-1-9(8-14)7-11(10)13-3-5-15-6-4-13;8-6-3-5(4-10)1-2-7(6)9;1-3-6-4-2-5-1;/h1-2,7-8H,3-6H2;1-4H;5H,1-4H2;1H4. The molecule has 0 amide bonds. The molecule has 9 heteroatoms. The topological polar surface area (TPSA) is 67.9 Å². The molecule has 0 bridgehead atoms. The van der Waals surface area contributed by atoms with Gasteiger partial charge in [0.05, 0.1) is 42.2 Å². The lowest BCUT2D eigenvalue weighted by molar-refractivity contribution is 0.109. The van der Waals surface area contributed by atoms with Gasteiger partial charge in [-0.15, -0.1) is 0 Å². The van der Waals surface area contributed by atoms with Crippen LogP contribution in [0.25, 0.3) is 0 Å². The first-order valence-corrected chi connectivity index (χ1v) is 11.4. The summed E-state index contributed by atoms with van der Waals surface area (Å²) in [6.45, 7) is 6.90. The number of morpholine rings is 2. The van der Waals surface area contributed by atoms with Crippen LogP contribution >= 0.6 is 39.1 Å². The Balaban J connectivity index is 0.000000260. The maximum atomic E-state index is 10.7. The first-order valence-electron chi connectivity index (χ1n) is 9.81. The van der Waals surface area contributed by atoms with Crippen molar-refractivity contribution in [3.8, 4) is 0 Å². The van der Waals surface area contributed by atoms with Gasteiger partial charge in [0.2, 0.25) is 0 Å². The Morgan fingerprint density at radius 3 is 1.84 bits per heavy atom. The molecule has 0 aromatic heterocycles. The van der Waals surface area contributed by atoms with Crippen LogP contribution in [0.4, 0.5) is 5.69 Å². The molecule has 0 saturated carbocycles. The average Bonchev–Trinajstić information content (AvgIpc) is 2.84. The van der Waals surface area contributed by atoms with Gasteiger partial charge in [-0.1, -0.05) is 42.8 Å². The summed E-state index contributed by atoms with van der Waals surface area (Å²) in [6, 6.07) is 10.3. The molecule has 2 aromatic rings. The molecule has 0 aliphatic carbocycles. The number of aldehydes is 2. The summed E-state index contributed by atoms with van der Waals surface area (Å²) < 4.78 is 11.0. The number of carbonyl (C=O) groups excluding carboxylic acids is 2. The predicted molar refractivity (Wildman–Crippen MR) is 135 cm³/mol. The number of rotatable bonds is 3. The Bertz CT molecular complexity index is 833. The van der Waals surface area contributed by atoms with Gasteiger partial charge in [0.25, 0.3) is 0 Å². The van der Waals surface area contributed by atoms with Gasteiger partial charge in [-0.3, -0.25) is 9.59 Å². The molecule has 32 heavy (non-hydrogen) atoms. The highest BCUT2D eigenvalue weighted by Crippen LogP contribution is 2.27. The number of halogens is 3. The Labute approximate surface area is 208 Å². The van der Waals surface area contributed by atoms with Crippen molar-refractivity contribution in [3.05, 3.63) is 62.0 Å². The predicted octanol–water partition coefficient (Wildman–Crippen LogP) is 5.15. The van der Waals surface area contributed by atoms with E-state index in [-0.39, 0.29) is 7.43 Å². The van der Waals surface area contributed by atoms with Crippen molar-refractivity contribution in [1.29, 1.82) is 0 Å². The summed E-state index contributed by atoms with van der Waals surface area (Å²) >= 11 is 15.0. The van der Waals surface area contributed by atoms with Crippen molar-refractivity contribution in [2.24, 2.45) is 0 Å². The number of nitrogens with zero attached hydrogens (tertiary/aromatic N) is 1. The minimum absolute atomic E-state index is 0. The third-order valence-corrected chi connectivity index (χ3v) is 5.92. The fraction of sp³-hybridized carbons (Fsp3) is 0.391. The summed E-state index contributed by atoms with van der Waals surface area (Å²) in [7, 11) is 0. The summed E-state index contributed by atoms with van der Waals surface area (Å²) in [4.78, 5) is 23.0. The fourth-order valence-corrected chi connectivity index (χ4v) is 3.50. The van der Waals surface area contributed by atoms with Gasteiger partial charge in [0.15, 0.2) is 0 Å². The van der Waals surface area contributed by atoms with Crippen molar-refractivity contribution in [1.82, 2.24) is 5.32 Å². The van der Waals surface area contributed by atoms with E-state index >= 15 is 0 Å². The quantitative estimate of drug-likeness (QED) is 0.536. The molecule has 0 spiro atoms. The highest BCUT2D eigenvalue weighted by Gasteiger charge is 2.14. The summed E-state index contributed by atoms with van der Waals surface area (Å²) in [5, 5.41) is 4.46. The van der Waals surface area contributed by atoms with Crippen LogP contribution in [-0.4, -0.2) is 65.2 Å². The SMILES string of the molecule is C.C1COCCN1.O=Cc1ccc(Cl)c(Br)c1.O=Cc1ccc(Cl)c(N2CCOCC2)c1. The molecule has 2 saturated heterocycles. The molecule has 4 rings (SSSR count). The zero-order valence-corrected chi connectivity index (χ0v) is 20.1. The van der Waals surface area contributed by atoms with Crippen LogP contribution in [-0.2, 0) is 9.47 Å². The zero-order chi connectivity index (χ0) is 22.5. The van der Waals surface area contributed by atoms with Crippen molar-refractivity contribution in [3.63, 3.8) is 0 Å². The van der Waals surface area contributed by atoms with Gasteiger partial charge in [-0.2, -0.15) is 0 Å². The van der Waals surface area contributed by atoms with Crippen LogP contribution in [0.2, 0.25) is 10.0 Å². The van der Waals surface area contributed by atoms with Gasteiger partial charge < -0.3 is 19.7 Å². The monoisotopic (exact) mass is 546 g/mol. The number of benzene rings is 2. The van der Waals surface area contributed by atoms with Crippen LogP contribution in [0.1, 0.15) is 28.1 Å². The molecule has 1 N–H and O–H groups in total. The van der Waals surface area contributed by atoms with Crippen molar-refractivity contribution < 1.29 is 19.1 Å². The van der Waals surface area contributed by atoms with E-state index in [1.54, 1.807) is 30.3 Å². The summed E-state index contributed by atoms with van der Waals surface area (Å²) in [5.74, 6) is 0. The molecule has 2 heterocycles. The van der Waals surface area contributed by atoms with Gasteiger partial charge in [-0.25, -0.2) is 0 Å². The van der Waals surface area contributed by atoms with Gasteiger partial charge in [-0.05, 0) is 40.2 Å². The van der Waals surface area contributed by atoms with Gasteiger partial charge in [0.1, 0.15) is 12.6 Å². The number of carbonyl (C=O) groups is 2. The van der Waals surface area contributed by atoms with E-state index in [0.29, 0.717) is 34.4 Å². The maximum absolute atomic E-state index is 10.7. The lowest BCUT2D eigenvalue weighted by atomic mass is 10.2. The molecule has 0 unspecified atom stereocenters. The molecular formula is C23H29BrCl2N2O4. The van der Waals surface area contributed by atoms with E-state index in [2.05, 4.69) is 26.1 Å². The van der Waals surface area contributed by atoms with Crippen LogP contribution in [0.5, 0.6) is 0 Å². The molecule has 2 fully saturated rings. The van der Waals surface area contributed by atoms with Crippen molar-refractivity contribution >= 4 is 57.4 Å². The highest BCUT2D eigenvalue weighted by molar-refractivity contribution is 9.10. The Kier molecular flexibility index (Phi) is 14.4. The fourth-order valence-electron chi connectivity index (χ4n) is 2.75. The molecule has 2 aromatic carbocycles. The lowest BCUT2D eigenvalue weighted by Gasteiger charge is -2.29. The Morgan fingerprint density at radius 1 is 0.844 bits per heavy atom. The van der Waals surface area contributed by atoms with E-state index in [9.17, 15) is 9.59 Å². The first kappa shape index (κ1) is 28.6. The summed E-state index contributed by atoms with van der Waals surface area (Å²) in [5.41, 5.74) is 2.20. The first-order chi connectivity index (χ1) is 15.0. The molecule has 176 valence electrons. The second-order valence-electron chi connectivity index (χ2n) is 6.58. The van der Waals surface area contributed by atoms with E-state index < -0.39 is 0 Å². The van der Waals surface area contributed by atoms with Gasteiger partial charge in [0, 0.05) is 41.8 Å². The normalized spacial score (nSPS) is 15.2. The zero-order valence-electron chi connectivity index (χ0n) is 17.0. The van der Waals surface area contributed by atoms with E-state index in [1.807, 2.05) is 6.07 Å². The molecule has 2 aliphatic rings. The minimum Gasteiger partial charge on any atom is -0.379 e. The summed E-state index contributed by atoms with van der Waals surface area (Å²) in [6.07, 6.45) is 1.61. The largest absolute Gasteiger partial charge is 0.379 e. The molecule has 6 nitrogen and oxygen atoms in total. The third-order valence-electron chi connectivity index (χ3n) is 4.38. The van der Waals surface area contributed by atoms with Crippen LogP contribution in [0.15, 0.2) is 40.9 Å². The number of anilines is 1. The minimum atomic E-state index is 0. The molecule has 0 radical (unpaired) electrons. The molecular weight excluding hydrogens is 519 g/mol. The number of ether oxygens (including phenoxy) is 2. The van der Waals surface area contributed by atoms with E-state index in [0.717, 1.165) is 62.1 Å². The highest BCUT2D eigenvalue weighted by atomic mass is 79.9. The Hall–Kier alpha value is -1.48. The number of hydrogen-bond acceptors (Lipinski definition) is 6. The smallest absolute Gasteiger partial charge is 0.150 e. The van der Waals surface area contributed by atoms with Crippen molar-refractivity contribution in [2.45, 2.75) is 7.43 Å². The third kappa shape index (κ3) is 9.98. The van der Waals surface area contributed by atoms with Gasteiger partial charge >= 0.3 is 0 Å². The average molecular weight is 548 g/mol. The second-order valence-corrected chi connectivity index (χ2v) is 8.25. The van der Waals surface area contributed by atoms with Crippen molar-refractivity contribution in [2.75, 3.05) is 57.5 Å². The maximum Gasteiger partial charge on any atom is 0.150 e. The second kappa shape index (κ2) is 16.2. The van der Waals surface area contributed by atoms with E-state index in [1.165, 1.54) is 0 Å². The number of hydrogen-bond donors (Lipinski definition) is 1. The van der Waals surface area contributed by atoms with Crippen LogP contribution in [0.3, 0.4) is 0 Å².